The highest BCUT2D eigenvalue weighted by atomic mass is 32.1. The Kier molecular flexibility index (Phi) is 5.93. The van der Waals surface area contributed by atoms with Crippen molar-refractivity contribution in [1.82, 2.24) is 4.98 Å². The summed E-state index contributed by atoms with van der Waals surface area (Å²) in [5, 5.41) is 5.26. The first-order valence-corrected chi connectivity index (χ1v) is 9.45. The summed E-state index contributed by atoms with van der Waals surface area (Å²) in [6, 6.07) is 14.6. The average Bonchev–Trinajstić information content (AvgIpc) is 3.10. The number of amides is 1. The van der Waals surface area contributed by atoms with E-state index in [9.17, 15) is 4.79 Å². The van der Waals surface area contributed by atoms with Crippen molar-refractivity contribution in [3.63, 3.8) is 0 Å². The van der Waals surface area contributed by atoms with Crippen LogP contribution in [0.2, 0.25) is 0 Å². The summed E-state index contributed by atoms with van der Waals surface area (Å²) >= 11 is 1.40. The van der Waals surface area contributed by atoms with Crippen LogP contribution in [0.15, 0.2) is 53.9 Å². The number of anilines is 2. The number of thiazole rings is 1. The molecule has 0 aliphatic rings. The third kappa shape index (κ3) is 4.98. The zero-order valence-corrected chi connectivity index (χ0v) is 16.0. The predicted octanol–water partition coefficient (Wildman–Crippen LogP) is 4.20. The molecular formula is C20H21N3O3S. The highest BCUT2D eigenvalue weighted by Gasteiger charge is 2.15. The van der Waals surface area contributed by atoms with Gasteiger partial charge in [0.25, 0.3) is 5.91 Å². The van der Waals surface area contributed by atoms with Gasteiger partial charge < -0.3 is 20.5 Å². The van der Waals surface area contributed by atoms with Crippen molar-refractivity contribution in [2.24, 2.45) is 0 Å². The van der Waals surface area contributed by atoms with Gasteiger partial charge in [0.15, 0.2) is 11.2 Å². The fraction of sp³-hybridized carbons (Fsp3) is 0.200. The summed E-state index contributed by atoms with van der Waals surface area (Å²) in [6.45, 7) is 4.23. The monoisotopic (exact) mass is 383 g/mol. The van der Waals surface area contributed by atoms with Crippen LogP contribution >= 0.6 is 11.3 Å². The van der Waals surface area contributed by atoms with E-state index in [2.05, 4.69) is 10.3 Å². The molecule has 1 amide bonds. The van der Waals surface area contributed by atoms with E-state index in [1.165, 1.54) is 11.3 Å². The molecule has 1 unspecified atom stereocenters. The van der Waals surface area contributed by atoms with Crippen LogP contribution < -0.4 is 20.5 Å². The maximum Gasteiger partial charge on any atom is 0.265 e. The fourth-order valence-corrected chi connectivity index (χ4v) is 3.00. The number of aromatic nitrogens is 1. The van der Waals surface area contributed by atoms with E-state index in [1.807, 2.05) is 48.7 Å². The minimum atomic E-state index is -0.641. The molecular weight excluding hydrogens is 362 g/mol. The van der Waals surface area contributed by atoms with Crippen molar-refractivity contribution in [3.8, 4) is 22.8 Å². The number of rotatable bonds is 7. The van der Waals surface area contributed by atoms with Gasteiger partial charge in [-0.2, -0.15) is 0 Å². The summed E-state index contributed by atoms with van der Waals surface area (Å²) in [4.78, 5) is 16.6. The van der Waals surface area contributed by atoms with Crippen LogP contribution in [-0.4, -0.2) is 23.6 Å². The van der Waals surface area contributed by atoms with Crippen molar-refractivity contribution in [2.45, 2.75) is 20.0 Å². The molecule has 0 aliphatic carbocycles. The third-order valence-corrected chi connectivity index (χ3v) is 4.46. The maximum atomic E-state index is 12.3. The van der Waals surface area contributed by atoms with Gasteiger partial charge in [0, 0.05) is 16.6 Å². The fourth-order valence-electron chi connectivity index (χ4n) is 2.43. The number of hydrogen-bond donors (Lipinski definition) is 2. The summed E-state index contributed by atoms with van der Waals surface area (Å²) in [6.07, 6.45) is -0.641. The molecule has 6 nitrogen and oxygen atoms in total. The van der Waals surface area contributed by atoms with Crippen LogP contribution in [0, 0.1) is 0 Å². The van der Waals surface area contributed by atoms with Gasteiger partial charge in [-0.15, -0.1) is 11.3 Å². The molecule has 3 aromatic rings. The minimum absolute atomic E-state index is 0.226. The predicted molar refractivity (Wildman–Crippen MR) is 108 cm³/mol. The molecule has 0 bridgehead atoms. The van der Waals surface area contributed by atoms with Crippen molar-refractivity contribution in [1.29, 1.82) is 0 Å². The topological polar surface area (TPSA) is 86.5 Å². The number of hydrogen-bond acceptors (Lipinski definition) is 6. The van der Waals surface area contributed by atoms with Gasteiger partial charge in [0.05, 0.1) is 12.3 Å². The van der Waals surface area contributed by atoms with Crippen molar-refractivity contribution < 1.29 is 14.3 Å². The van der Waals surface area contributed by atoms with Crippen LogP contribution in [0.25, 0.3) is 11.3 Å². The number of benzene rings is 2. The summed E-state index contributed by atoms with van der Waals surface area (Å²) < 4.78 is 11.1. The zero-order valence-electron chi connectivity index (χ0n) is 15.1. The van der Waals surface area contributed by atoms with Gasteiger partial charge in [-0.1, -0.05) is 0 Å². The largest absolute Gasteiger partial charge is 0.494 e. The molecule has 0 aliphatic heterocycles. The second-order valence-corrected chi connectivity index (χ2v) is 6.69. The van der Waals surface area contributed by atoms with Crippen LogP contribution in [0.3, 0.4) is 0 Å². The number of nitrogens with one attached hydrogen (secondary N) is 1. The Morgan fingerprint density at radius 3 is 2.41 bits per heavy atom. The highest BCUT2D eigenvalue weighted by molar-refractivity contribution is 7.13. The number of nitrogens with zero attached hydrogens (tertiary/aromatic N) is 1. The summed E-state index contributed by atoms with van der Waals surface area (Å²) in [5.74, 6) is 1.15. The van der Waals surface area contributed by atoms with Crippen LogP contribution in [0.1, 0.15) is 13.8 Å². The van der Waals surface area contributed by atoms with E-state index >= 15 is 0 Å². The standard InChI is InChI=1S/C20H21N3O3S/c1-3-25-16-10-6-15(7-11-16)22-19(24)13(2)26-17-8-4-14(5-9-17)18-12-27-20(21)23-18/h4-13H,3H2,1-2H3,(H2,21,23)(H,22,24). The minimum Gasteiger partial charge on any atom is -0.494 e. The molecule has 1 heterocycles. The lowest BCUT2D eigenvalue weighted by molar-refractivity contribution is -0.122. The Morgan fingerprint density at radius 2 is 1.81 bits per heavy atom. The summed E-state index contributed by atoms with van der Waals surface area (Å²) in [7, 11) is 0. The van der Waals surface area contributed by atoms with E-state index < -0.39 is 6.10 Å². The molecule has 3 rings (SSSR count). The van der Waals surface area contributed by atoms with Crippen molar-refractivity contribution >= 4 is 28.1 Å². The van der Waals surface area contributed by atoms with E-state index in [0.29, 0.717) is 23.2 Å². The first kappa shape index (κ1) is 18.7. The Morgan fingerprint density at radius 1 is 1.15 bits per heavy atom. The second kappa shape index (κ2) is 8.55. The van der Waals surface area contributed by atoms with Gasteiger partial charge in [0.2, 0.25) is 0 Å². The van der Waals surface area contributed by atoms with Gasteiger partial charge >= 0.3 is 0 Å². The number of carbonyl (C=O) groups excluding carboxylic acids is 1. The van der Waals surface area contributed by atoms with Gasteiger partial charge in [0.1, 0.15) is 11.5 Å². The number of carbonyl (C=O) groups is 1. The zero-order chi connectivity index (χ0) is 19.2. The first-order valence-electron chi connectivity index (χ1n) is 8.57. The Balaban J connectivity index is 1.57. The molecule has 0 saturated carbocycles. The molecule has 140 valence electrons. The van der Waals surface area contributed by atoms with Gasteiger partial charge in [-0.25, -0.2) is 4.98 Å². The molecule has 3 N–H and O–H groups in total. The van der Waals surface area contributed by atoms with Crippen LogP contribution in [0.4, 0.5) is 10.8 Å². The van der Waals surface area contributed by atoms with Crippen LogP contribution in [0.5, 0.6) is 11.5 Å². The second-order valence-electron chi connectivity index (χ2n) is 5.80. The van der Waals surface area contributed by atoms with E-state index in [0.717, 1.165) is 17.0 Å². The quantitative estimate of drug-likeness (QED) is 0.639. The maximum absolute atomic E-state index is 12.3. The van der Waals surface area contributed by atoms with Crippen molar-refractivity contribution in [3.05, 3.63) is 53.9 Å². The SMILES string of the molecule is CCOc1ccc(NC(=O)C(C)Oc2ccc(-c3csc(N)n3)cc2)cc1. The molecule has 2 aromatic carbocycles. The molecule has 27 heavy (non-hydrogen) atoms. The Bertz CT molecular complexity index is 892. The lowest BCUT2D eigenvalue weighted by Gasteiger charge is -2.15. The summed E-state index contributed by atoms with van der Waals surface area (Å²) in [5.41, 5.74) is 8.12. The van der Waals surface area contributed by atoms with Crippen molar-refractivity contribution in [2.75, 3.05) is 17.7 Å². The first-order chi connectivity index (χ1) is 13.0. The molecule has 0 saturated heterocycles. The lowest BCUT2D eigenvalue weighted by Crippen LogP contribution is -2.30. The molecule has 0 fully saturated rings. The third-order valence-electron chi connectivity index (χ3n) is 3.79. The molecule has 0 spiro atoms. The smallest absolute Gasteiger partial charge is 0.265 e. The van der Waals surface area contributed by atoms with E-state index in [4.69, 9.17) is 15.2 Å². The van der Waals surface area contributed by atoms with E-state index in [-0.39, 0.29) is 5.91 Å². The van der Waals surface area contributed by atoms with Gasteiger partial charge in [-0.05, 0) is 62.4 Å². The normalized spacial score (nSPS) is 11.6. The average molecular weight is 383 g/mol. The highest BCUT2D eigenvalue weighted by Crippen LogP contribution is 2.25. The molecule has 7 heteroatoms. The molecule has 1 atom stereocenters. The number of ether oxygens (including phenoxy) is 2. The lowest BCUT2D eigenvalue weighted by atomic mass is 10.2. The number of nitrogen functional groups attached to an aromatic ring is 1. The Hall–Kier alpha value is -3.06. The van der Waals surface area contributed by atoms with Gasteiger partial charge in [-0.3, -0.25) is 4.79 Å². The number of nitrogens with two attached hydrogens (primary N) is 1. The molecule has 0 radical (unpaired) electrons. The molecule has 1 aromatic heterocycles. The Labute approximate surface area is 162 Å². The van der Waals surface area contributed by atoms with E-state index in [1.54, 1.807) is 19.1 Å². The van der Waals surface area contributed by atoms with Crippen LogP contribution in [-0.2, 0) is 4.79 Å².